The van der Waals surface area contributed by atoms with Gasteiger partial charge in [-0.15, -0.1) is 0 Å². The van der Waals surface area contributed by atoms with Gasteiger partial charge in [0.25, 0.3) is 5.91 Å². The summed E-state index contributed by atoms with van der Waals surface area (Å²) in [6.45, 7) is 4.16. The highest BCUT2D eigenvalue weighted by molar-refractivity contribution is 5.99. The molecule has 0 saturated heterocycles. The third-order valence-corrected chi connectivity index (χ3v) is 7.20. The average Bonchev–Trinajstić information content (AvgIpc) is 3.23. The Balaban J connectivity index is 1.69. The van der Waals surface area contributed by atoms with Gasteiger partial charge in [0.05, 0.1) is 45.4 Å². The summed E-state index contributed by atoms with van der Waals surface area (Å²) in [7, 11) is 6.21. The maximum absolute atomic E-state index is 14.0. The van der Waals surface area contributed by atoms with Crippen LogP contribution in [0.25, 0.3) is 11.0 Å². The van der Waals surface area contributed by atoms with Gasteiger partial charge in [-0.05, 0) is 72.9 Å². The van der Waals surface area contributed by atoms with Gasteiger partial charge in [0.1, 0.15) is 11.3 Å². The molecule has 1 unspecified atom stereocenters. The van der Waals surface area contributed by atoms with E-state index in [1.807, 2.05) is 50.2 Å². The molecule has 8 heteroatoms. The zero-order valence-corrected chi connectivity index (χ0v) is 22.9. The molecule has 0 bridgehead atoms. The predicted molar refractivity (Wildman–Crippen MR) is 148 cm³/mol. The predicted octanol–water partition coefficient (Wildman–Crippen LogP) is 5.23. The van der Waals surface area contributed by atoms with Gasteiger partial charge in [-0.25, -0.2) is 0 Å². The molecule has 0 aliphatic carbocycles. The summed E-state index contributed by atoms with van der Waals surface area (Å²) < 4.78 is 28.2. The smallest absolute Gasteiger partial charge is 0.290 e. The molecular weight excluding hydrogens is 498 g/mol. The Morgan fingerprint density at radius 1 is 0.846 bits per heavy atom. The van der Waals surface area contributed by atoms with E-state index in [4.69, 9.17) is 23.4 Å². The fourth-order valence-corrected chi connectivity index (χ4v) is 5.35. The normalized spacial score (nSPS) is 14.5. The van der Waals surface area contributed by atoms with Crippen molar-refractivity contribution >= 4 is 16.9 Å². The van der Waals surface area contributed by atoms with Crippen molar-refractivity contribution in [3.63, 3.8) is 0 Å². The Morgan fingerprint density at radius 3 is 2.10 bits per heavy atom. The minimum Gasteiger partial charge on any atom is -0.497 e. The highest BCUT2D eigenvalue weighted by Gasteiger charge is 2.43. The maximum atomic E-state index is 14.0. The number of carbonyl (C=O) groups is 1. The topological polar surface area (TPSA) is 87.4 Å². The number of aryl methyl sites for hydroxylation is 2. The molecule has 3 aromatic carbocycles. The van der Waals surface area contributed by atoms with Crippen LogP contribution < -0.4 is 24.4 Å². The molecule has 0 fully saturated rings. The number of hydrogen-bond donors (Lipinski definition) is 0. The first kappa shape index (κ1) is 26.2. The highest BCUT2D eigenvalue weighted by atomic mass is 16.5. The first-order chi connectivity index (χ1) is 18.8. The first-order valence-corrected chi connectivity index (χ1v) is 12.6. The van der Waals surface area contributed by atoms with Crippen molar-refractivity contribution in [1.29, 1.82) is 0 Å². The molecule has 4 aromatic rings. The molecule has 5 rings (SSSR count). The van der Waals surface area contributed by atoms with E-state index in [1.165, 1.54) is 21.3 Å². The quantitative estimate of drug-likeness (QED) is 0.309. The summed E-state index contributed by atoms with van der Waals surface area (Å²) in [4.78, 5) is 29.6. The third kappa shape index (κ3) is 4.46. The SMILES string of the molecule is COc1ccc(CCN2C(=O)c3oc4c(C)cc(C)cc4c(=O)c3C2c2cc(OC)c(OC)c(OC)c2)cc1. The van der Waals surface area contributed by atoms with Crippen molar-refractivity contribution in [2.45, 2.75) is 26.3 Å². The fraction of sp³-hybridized carbons (Fsp3) is 0.290. The molecule has 202 valence electrons. The van der Waals surface area contributed by atoms with Gasteiger partial charge in [-0.3, -0.25) is 9.59 Å². The summed E-state index contributed by atoms with van der Waals surface area (Å²) in [5.74, 6) is 1.77. The van der Waals surface area contributed by atoms with Crippen LogP contribution >= 0.6 is 0 Å². The molecular formula is C31H31NO7. The molecule has 0 radical (unpaired) electrons. The Morgan fingerprint density at radius 2 is 1.51 bits per heavy atom. The minimum atomic E-state index is -0.707. The van der Waals surface area contributed by atoms with E-state index in [0.717, 1.165) is 22.4 Å². The Hall–Kier alpha value is -4.46. The number of hydrogen-bond acceptors (Lipinski definition) is 7. The van der Waals surface area contributed by atoms with Crippen LogP contribution in [0.4, 0.5) is 0 Å². The van der Waals surface area contributed by atoms with Gasteiger partial charge < -0.3 is 28.3 Å². The van der Waals surface area contributed by atoms with Gasteiger partial charge in [0, 0.05) is 6.54 Å². The van der Waals surface area contributed by atoms with E-state index < -0.39 is 6.04 Å². The van der Waals surface area contributed by atoms with Gasteiger partial charge in [-0.1, -0.05) is 18.2 Å². The zero-order valence-electron chi connectivity index (χ0n) is 22.9. The molecule has 2 heterocycles. The van der Waals surface area contributed by atoms with E-state index in [2.05, 4.69) is 0 Å². The molecule has 1 atom stereocenters. The van der Waals surface area contributed by atoms with Gasteiger partial charge in [0.2, 0.25) is 11.5 Å². The largest absolute Gasteiger partial charge is 0.497 e. The lowest BCUT2D eigenvalue weighted by Gasteiger charge is -2.26. The molecule has 0 spiro atoms. The van der Waals surface area contributed by atoms with Crippen LogP contribution in [0.2, 0.25) is 0 Å². The van der Waals surface area contributed by atoms with E-state index in [1.54, 1.807) is 24.1 Å². The van der Waals surface area contributed by atoms with E-state index in [0.29, 0.717) is 52.3 Å². The van der Waals surface area contributed by atoms with Crippen LogP contribution in [0.3, 0.4) is 0 Å². The van der Waals surface area contributed by atoms with E-state index in [-0.39, 0.29) is 17.1 Å². The molecule has 0 saturated carbocycles. The fourth-order valence-electron chi connectivity index (χ4n) is 5.35. The summed E-state index contributed by atoms with van der Waals surface area (Å²) >= 11 is 0. The first-order valence-electron chi connectivity index (χ1n) is 12.6. The van der Waals surface area contributed by atoms with E-state index in [9.17, 15) is 9.59 Å². The summed E-state index contributed by atoms with van der Waals surface area (Å²) in [6, 6.07) is 14.3. The minimum absolute atomic E-state index is 0.0629. The number of amides is 1. The molecule has 1 aliphatic rings. The number of fused-ring (bicyclic) bond motifs is 2. The van der Waals surface area contributed by atoms with Crippen molar-refractivity contribution < 1.29 is 28.2 Å². The Labute approximate surface area is 226 Å². The van der Waals surface area contributed by atoms with Crippen LogP contribution in [0.15, 0.2) is 57.7 Å². The Bertz CT molecular complexity index is 1600. The molecule has 0 N–H and O–H groups in total. The number of rotatable bonds is 8. The second kappa shape index (κ2) is 10.4. The van der Waals surface area contributed by atoms with Crippen LogP contribution in [0, 0.1) is 13.8 Å². The van der Waals surface area contributed by atoms with Crippen LogP contribution in [-0.2, 0) is 6.42 Å². The molecule has 1 aliphatic heterocycles. The average molecular weight is 530 g/mol. The zero-order chi connectivity index (χ0) is 27.8. The van der Waals surface area contributed by atoms with E-state index >= 15 is 0 Å². The van der Waals surface area contributed by atoms with Crippen molar-refractivity contribution in [2.75, 3.05) is 35.0 Å². The van der Waals surface area contributed by atoms with Gasteiger partial charge in [-0.2, -0.15) is 0 Å². The molecule has 39 heavy (non-hydrogen) atoms. The van der Waals surface area contributed by atoms with Crippen LogP contribution in [-0.4, -0.2) is 45.8 Å². The van der Waals surface area contributed by atoms with Crippen molar-refractivity contribution in [3.8, 4) is 23.0 Å². The summed E-state index contributed by atoms with van der Waals surface area (Å²) in [5.41, 5.74) is 3.94. The summed E-state index contributed by atoms with van der Waals surface area (Å²) in [6.07, 6.45) is 0.566. The van der Waals surface area contributed by atoms with Crippen molar-refractivity contribution in [1.82, 2.24) is 4.90 Å². The number of methoxy groups -OCH3 is 4. The number of benzene rings is 3. The second-order valence-electron chi connectivity index (χ2n) is 9.59. The lowest BCUT2D eigenvalue weighted by molar-refractivity contribution is 0.0729. The molecule has 1 amide bonds. The monoisotopic (exact) mass is 529 g/mol. The Kier molecular flexibility index (Phi) is 6.95. The summed E-state index contributed by atoms with van der Waals surface area (Å²) in [5, 5.41) is 0.452. The third-order valence-electron chi connectivity index (χ3n) is 7.20. The van der Waals surface area contributed by atoms with Gasteiger partial charge >= 0.3 is 0 Å². The second-order valence-corrected chi connectivity index (χ2v) is 9.59. The van der Waals surface area contributed by atoms with Crippen LogP contribution in [0.1, 0.15) is 44.4 Å². The number of carbonyl (C=O) groups excluding carboxylic acids is 1. The lowest BCUT2D eigenvalue weighted by atomic mass is 9.96. The van der Waals surface area contributed by atoms with Crippen molar-refractivity contribution in [2.24, 2.45) is 0 Å². The highest BCUT2D eigenvalue weighted by Crippen LogP contribution is 2.45. The van der Waals surface area contributed by atoms with Gasteiger partial charge in [0.15, 0.2) is 16.9 Å². The molecule has 8 nitrogen and oxygen atoms in total. The van der Waals surface area contributed by atoms with Crippen molar-refractivity contribution in [3.05, 3.63) is 92.3 Å². The lowest BCUT2D eigenvalue weighted by Crippen LogP contribution is -2.31. The standard InChI is InChI=1S/C31H31NO7/c1-17-13-18(2)28-22(14-17)27(33)25-26(20-15-23(36-4)29(38-6)24(16-20)37-5)32(31(34)30(25)39-28)12-11-19-7-9-21(35-3)10-8-19/h7-10,13-16,26H,11-12H2,1-6H3. The number of ether oxygens (including phenoxy) is 4. The molecule has 1 aromatic heterocycles. The van der Waals surface area contributed by atoms with Crippen LogP contribution in [0.5, 0.6) is 23.0 Å². The number of nitrogens with zero attached hydrogens (tertiary/aromatic N) is 1. The maximum Gasteiger partial charge on any atom is 0.290 e.